The Labute approximate surface area is 114 Å². The Bertz CT molecular complexity index is 677. The number of nitrogens with zero attached hydrogens (tertiary/aromatic N) is 5. The Morgan fingerprint density at radius 3 is 3.05 bits per heavy atom. The van der Waals surface area contributed by atoms with Crippen LogP contribution in [0.1, 0.15) is 12.7 Å². The zero-order chi connectivity index (χ0) is 13.8. The van der Waals surface area contributed by atoms with Gasteiger partial charge in [-0.15, -0.1) is 0 Å². The summed E-state index contributed by atoms with van der Waals surface area (Å²) in [4.78, 5) is 12.7. The van der Waals surface area contributed by atoms with Crippen molar-refractivity contribution >= 4 is 22.8 Å². The molecule has 0 fully saturated rings. The number of aromatic amines is 1. The molecule has 3 heterocycles. The van der Waals surface area contributed by atoms with E-state index in [2.05, 4.69) is 45.5 Å². The van der Waals surface area contributed by atoms with Crippen LogP contribution in [0.25, 0.3) is 11.0 Å². The zero-order valence-electron chi connectivity index (χ0n) is 10.9. The maximum Gasteiger partial charge on any atom is 0.226 e. The molecule has 20 heavy (non-hydrogen) atoms. The molecule has 3 rings (SSSR count). The van der Waals surface area contributed by atoms with Crippen LogP contribution in [-0.4, -0.2) is 43.4 Å². The van der Waals surface area contributed by atoms with Gasteiger partial charge < -0.3 is 15.2 Å². The van der Waals surface area contributed by atoms with Crippen molar-refractivity contribution in [3.8, 4) is 0 Å². The monoisotopic (exact) mass is 274 g/mol. The molecule has 0 saturated heterocycles. The molecule has 0 saturated carbocycles. The lowest BCUT2D eigenvalue weighted by molar-refractivity contribution is 0.410. The van der Waals surface area contributed by atoms with Crippen LogP contribution in [0.4, 0.5) is 11.8 Å². The highest BCUT2D eigenvalue weighted by Crippen LogP contribution is 2.19. The Balaban J connectivity index is 1.76. The number of H-pyrrole nitrogens is 1. The molecule has 0 unspecified atom stereocenters. The average molecular weight is 274 g/mol. The Morgan fingerprint density at radius 1 is 1.30 bits per heavy atom. The second-order valence-corrected chi connectivity index (χ2v) is 4.08. The SMILES string of the molecule is CCNc1nc(NCCc2ncon2)c2cn[nH]c2n1. The molecule has 3 N–H and O–H groups in total. The highest BCUT2D eigenvalue weighted by atomic mass is 16.5. The maximum absolute atomic E-state index is 4.69. The van der Waals surface area contributed by atoms with Gasteiger partial charge in [0.25, 0.3) is 0 Å². The lowest BCUT2D eigenvalue weighted by atomic mass is 10.3. The van der Waals surface area contributed by atoms with Gasteiger partial charge in [0.2, 0.25) is 12.3 Å². The van der Waals surface area contributed by atoms with Crippen molar-refractivity contribution in [2.75, 3.05) is 23.7 Å². The van der Waals surface area contributed by atoms with E-state index in [0.29, 0.717) is 30.4 Å². The fraction of sp³-hybridized carbons (Fsp3) is 0.364. The Kier molecular flexibility index (Phi) is 3.40. The van der Waals surface area contributed by atoms with Crippen molar-refractivity contribution in [3.05, 3.63) is 18.4 Å². The molecule has 0 aliphatic rings. The third kappa shape index (κ3) is 2.51. The maximum atomic E-state index is 4.69. The first-order valence-corrected chi connectivity index (χ1v) is 6.31. The summed E-state index contributed by atoms with van der Waals surface area (Å²) in [6.45, 7) is 3.38. The Hall–Kier alpha value is -2.71. The lowest BCUT2D eigenvalue weighted by Gasteiger charge is -2.07. The second-order valence-electron chi connectivity index (χ2n) is 4.08. The number of rotatable bonds is 6. The topological polar surface area (TPSA) is 117 Å². The fourth-order valence-electron chi connectivity index (χ4n) is 1.80. The summed E-state index contributed by atoms with van der Waals surface area (Å²) in [7, 11) is 0. The normalized spacial score (nSPS) is 10.8. The molecule has 104 valence electrons. The van der Waals surface area contributed by atoms with E-state index in [1.807, 2.05) is 6.92 Å². The predicted molar refractivity (Wildman–Crippen MR) is 72.3 cm³/mol. The van der Waals surface area contributed by atoms with Crippen molar-refractivity contribution in [2.24, 2.45) is 0 Å². The smallest absolute Gasteiger partial charge is 0.226 e. The summed E-state index contributed by atoms with van der Waals surface area (Å²) in [5.41, 5.74) is 0.693. The zero-order valence-corrected chi connectivity index (χ0v) is 10.9. The number of hydrogen-bond acceptors (Lipinski definition) is 8. The third-order valence-electron chi connectivity index (χ3n) is 2.69. The van der Waals surface area contributed by atoms with E-state index < -0.39 is 0 Å². The van der Waals surface area contributed by atoms with Crippen molar-refractivity contribution in [2.45, 2.75) is 13.3 Å². The summed E-state index contributed by atoms with van der Waals surface area (Å²) in [5.74, 6) is 1.94. The van der Waals surface area contributed by atoms with E-state index in [4.69, 9.17) is 0 Å². The molecule has 0 amide bonds. The minimum atomic E-state index is 0.561. The number of aromatic nitrogens is 6. The quantitative estimate of drug-likeness (QED) is 0.604. The van der Waals surface area contributed by atoms with Crippen molar-refractivity contribution in [1.82, 2.24) is 30.3 Å². The third-order valence-corrected chi connectivity index (χ3v) is 2.69. The molecule has 0 atom stereocenters. The summed E-state index contributed by atoms with van der Waals surface area (Å²) >= 11 is 0. The molecule has 0 bridgehead atoms. The molecule has 3 aromatic rings. The minimum absolute atomic E-state index is 0.561. The van der Waals surface area contributed by atoms with Gasteiger partial charge in [-0.05, 0) is 6.92 Å². The average Bonchev–Trinajstić information content (AvgIpc) is 3.09. The van der Waals surface area contributed by atoms with E-state index in [1.165, 1.54) is 6.39 Å². The van der Waals surface area contributed by atoms with Crippen molar-refractivity contribution in [3.63, 3.8) is 0 Å². The lowest BCUT2D eigenvalue weighted by Crippen LogP contribution is -2.10. The summed E-state index contributed by atoms with van der Waals surface area (Å²) in [5, 5.41) is 17.8. The molecule has 0 radical (unpaired) electrons. The minimum Gasteiger partial charge on any atom is -0.369 e. The summed E-state index contributed by atoms with van der Waals surface area (Å²) < 4.78 is 4.69. The van der Waals surface area contributed by atoms with Gasteiger partial charge in [-0.1, -0.05) is 5.16 Å². The van der Waals surface area contributed by atoms with Crippen LogP contribution in [0, 0.1) is 0 Å². The molecular formula is C11H14N8O. The first kappa shape index (κ1) is 12.3. The molecule has 0 spiro atoms. The Morgan fingerprint density at radius 2 is 2.25 bits per heavy atom. The van der Waals surface area contributed by atoms with E-state index in [0.717, 1.165) is 17.7 Å². The van der Waals surface area contributed by atoms with Crippen LogP contribution in [0.2, 0.25) is 0 Å². The van der Waals surface area contributed by atoms with Gasteiger partial charge >= 0.3 is 0 Å². The highest BCUT2D eigenvalue weighted by molar-refractivity contribution is 5.86. The number of fused-ring (bicyclic) bond motifs is 1. The van der Waals surface area contributed by atoms with Gasteiger partial charge in [0.05, 0.1) is 11.6 Å². The molecular weight excluding hydrogens is 260 g/mol. The van der Waals surface area contributed by atoms with E-state index >= 15 is 0 Å². The van der Waals surface area contributed by atoms with Crippen LogP contribution < -0.4 is 10.6 Å². The highest BCUT2D eigenvalue weighted by Gasteiger charge is 2.09. The second kappa shape index (κ2) is 5.51. The molecule has 9 heteroatoms. The molecule has 9 nitrogen and oxygen atoms in total. The first-order valence-electron chi connectivity index (χ1n) is 6.31. The predicted octanol–water partition coefficient (Wildman–Crippen LogP) is 0.822. The number of anilines is 2. The van der Waals surface area contributed by atoms with Gasteiger partial charge in [0.1, 0.15) is 5.82 Å². The van der Waals surface area contributed by atoms with Gasteiger partial charge in [-0.3, -0.25) is 5.10 Å². The van der Waals surface area contributed by atoms with Gasteiger partial charge in [-0.25, -0.2) is 0 Å². The molecule has 3 aromatic heterocycles. The van der Waals surface area contributed by atoms with E-state index in [1.54, 1.807) is 6.20 Å². The molecule has 0 aliphatic heterocycles. The van der Waals surface area contributed by atoms with Gasteiger partial charge in [0.15, 0.2) is 11.5 Å². The van der Waals surface area contributed by atoms with Crippen LogP contribution in [0.5, 0.6) is 0 Å². The van der Waals surface area contributed by atoms with Crippen LogP contribution in [-0.2, 0) is 6.42 Å². The standard InChI is InChI=1S/C11H14N8O/c1-2-12-11-16-9(7-5-15-18-10(7)17-11)13-4-3-8-14-6-20-19-8/h5-6H,2-4H2,1H3,(H3,12,13,15,16,17,18). The van der Waals surface area contributed by atoms with Crippen LogP contribution in [0.15, 0.2) is 17.1 Å². The van der Waals surface area contributed by atoms with E-state index in [-0.39, 0.29) is 0 Å². The van der Waals surface area contributed by atoms with E-state index in [9.17, 15) is 0 Å². The molecule has 0 aliphatic carbocycles. The molecule has 0 aromatic carbocycles. The fourth-order valence-corrected chi connectivity index (χ4v) is 1.80. The number of hydrogen-bond donors (Lipinski definition) is 3. The summed E-state index contributed by atoms with van der Waals surface area (Å²) in [6.07, 6.45) is 3.66. The van der Waals surface area contributed by atoms with Gasteiger partial charge in [-0.2, -0.15) is 20.1 Å². The van der Waals surface area contributed by atoms with Crippen LogP contribution >= 0.6 is 0 Å². The van der Waals surface area contributed by atoms with Gasteiger partial charge in [0, 0.05) is 19.5 Å². The van der Waals surface area contributed by atoms with Crippen LogP contribution in [0.3, 0.4) is 0 Å². The first-order chi connectivity index (χ1) is 9.86. The largest absolute Gasteiger partial charge is 0.369 e. The number of nitrogens with one attached hydrogen (secondary N) is 3. The van der Waals surface area contributed by atoms with Crippen molar-refractivity contribution in [1.29, 1.82) is 0 Å². The summed E-state index contributed by atoms with van der Waals surface area (Å²) in [6, 6.07) is 0. The van der Waals surface area contributed by atoms with Crippen molar-refractivity contribution < 1.29 is 4.52 Å².